The van der Waals surface area contributed by atoms with Crippen LogP contribution in [0.15, 0.2) is 36.4 Å². The topological polar surface area (TPSA) is 57.6 Å². The molecule has 2 aromatic rings. The number of fused-ring (bicyclic) bond motifs is 1. The lowest BCUT2D eigenvalue weighted by molar-refractivity contribution is -0.137. The van der Waals surface area contributed by atoms with Gasteiger partial charge in [-0.2, -0.15) is 0 Å². The first kappa shape index (κ1) is 19.4. The number of carbonyl (C=O) groups is 2. The molecule has 0 bridgehead atoms. The minimum Gasteiger partial charge on any atom is -0.388 e. The summed E-state index contributed by atoms with van der Waals surface area (Å²) in [6.45, 7) is 0.579. The highest BCUT2D eigenvalue weighted by molar-refractivity contribution is 6.36. The Bertz CT molecular complexity index is 939. The first-order chi connectivity index (χ1) is 13.4. The Balaban J connectivity index is 1.57. The van der Waals surface area contributed by atoms with Crippen molar-refractivity contribution in [1.82, 2.24) is 4.90 Å². The van der Waals surface area contributed by atoms with Crippen LogP contribution in [0.5, 0.6) is 0 Å². The van der Waals surface area contributed by atoms with Crippen molar-refractivity contribution in [2.45, 2.75) is 32.2 Å². The van der Waals surface area contributed by atoms with E-state index in [0.717, 1.165) is 30.4 Å². The maximum atomic E-state index is 13.3. The highest BCUT2D eigenvalue weighted by atomic mass is 35.5. The largest absolute Gasteiger partial charge is 0.388 e. The second kappa shape index (κ2) is 7.51. The molecule has 0 aromatic heterocycles. The molecule has 1 heterocycles. The minimum absolute atomic E-state index is 0.132. The van der Waals surface area contributed by atoms with E-state index in [9.17, 15) is 9.59 Å². The summed E-state index contributed by atoms with van der Waals surface area (Å²) < 4.78 is 0. The number of halogens is 2. The maximum Gasteiger partial charge on any atom is 0.229 e. The molecule has 1 spiro atoms. The lowest BCUT2D eigenvalue weighted by Gasteiger charge is -2.33. The van der Waals surface area contributed by atoms with Crippen molar-refractivity contribution in [1.29, 1.82) is 0 Å². The second-order valence-corrected chi connectivity index (χ2v) is 8.51. The van der Waals surface area contributed by atoms with E-state index in [4.69, 9.17) is 28.3 Å². The van der Waals surface area contributed by atoms with E-state index in [1.165, 1.54) is 5.56 Å². The quantitative estimate of drug-likeness (QED) is 0.762. The van der Waals surface area contributed by atoms with Crippen LogP contribution in [0.25, 0.3) is 0 Å². The molecular formula is C22H21Cl2NO3. The fraction of sp³-hybridized carbons (Fsp3) is 0.364. The summed E-state index contributed by atoms with van der Waals surface area (Å²) in [6, 6.07) is 10.9. The van der Waals surface area contributed by atoms with E-state index < -0.39 is 12.0 Å². The predicted molar refractivity (Wildman–Crippen MR) is 109 cm³/mol. The number of aryl methyl sites for hydroxylation is 1. The molecule has 28 heavy (non-hydrogen) atoms. The molecular weight excluding hydrogens is 397 g/mol. The molecule has 0 saturated carbocycles. The summed E-state index contributed by atoms with van der Waals surface area (Å²) in [5.41, 5.74) is 3.07. The molecule has 0 unspecified atom stereocenters. The molecule has 4 rings (SSSR count). The Hall–Kier alpha value is -1.88. The van der Waals surface area contributed by atoms with Crippen LogP contribution >= 0.6 is 23.2 Å². The zero-order chi connectivity index (χ0) is 19.9. The first-order valence-electron chi connectivity index (χ1n) is 9.42. The Labute approximate surface area is 174 Å². The third kappa shape index (κ3) is 3.34. The smallest absolute Gasteiger partial charge is 0.229 e. The lowest BCUT2D eigenvalue weighted by atomic mass is 9.70. The molecule has 1 atom stereocenters. The van der Waals surface area contributed by atoms with E-state index >= 15 is 0 Å². The van der Waals surface area contributed by atoms with Gasteiger partial charge in [0.25, 0.3) is 0 Å². The molecule has 1 saturated heterocycles. The summed E-state index contributed by atoms with van der Waals surface area (Å²) in [4.78, 5) is 27.0. The zero-order valence-corrected chi connectivity index (χ0v) is 16.9. The fourth-order valence-corrected chi connectivity index (χ4v) is 4.96. The summed E-state index contributed by atoms with van der Waals surface area (Å²) in [7, 11) is 0. The van der Waals surface area contributed by atoms with Gasteiger partial charge in [0.2, 0.25) is 5.91 Å². The molecule has 0 radical (unpaired) electrons. The number of nitrogens with zero attached hydrogens (tertiary/aromatic N) is 1. The second-order valence-electron chi connectivity index (χ2n) is 7.70. The summed E-state index contributed by atoms with van der Waals surface area (Å²) in [6.07, 6.45) is 3.03. The molecule has 1 fully saturated rings. The van der Waals surface area contributed by atoms with E-state index in [2.05, 4.69) is 0 Å². The SMILES string of the molecule is O=C(CO)c1ccc2c(c1)C[C@@]1(CC2)CCN(Cc2c(Cl)cccc2Cl)C1=O. The van der Waals surface area contributed by atoms with Gasteiger partial charge >= 0.3 is 0 Å². The van der Waals surface area contributed by atoms with Gasteiger partial charge in [-0.15, -0.1) is 0 Å². The molecule has 1 aliphatic carbocycles. The molecule has 1 N–H and O–H groups in total. The third-order valence-electron chi connectivity index (χ3n) is 6.09. The maximum absolute atomic E-state index is 13.3. The number of rotatable bonds is 4. The number of aliphatic hydroxyl groups is 1. The van der Waals surface area contributed by atoms with Crippen molar-refractivity contribution in [3.63, 3.8) is 0 Å². The number of hydrogen-bond donors (Lipinski definition) is 1. The van der Waals surface area contributed by atoms with Crippen molar-refractivity contribution in [3.05, 3.63) is 68.7 Å². The molecule has 4 nitrogen and oxygen atoms in total. The number of aliphatic hydroxyl groups excluding tert-OH is 1. The van der Waals surface area contributed by atoms with Crippen molar-refractivity contribution in [3.8, 4) is 0 Å². The lowest BCUT2D eigenvalue weighted by Crippen LogP contribution is -2.38. The van der Waals surface area contributed by atoms with Crippen molar-refractivity contribution < 1.29 is 14.7 Å². The van der Waals surface area contributed by atoms with Crippen LogP contribution in [-0.4, -0.2) is 34.8 Å². The van der Waals surface area contributed by atoms with Gasteiger partial charge in [-0.25, -0.2) is 0 Å². The zero-order valence-electron chi connectivity index (χ0n) is 15.4. The van der Waals surface area contributed by atoms with Gasteiger partial charge in [0.15, 0.2) is 5.78 Å². The fourth-order valence-electron chi connectivity index (χ4n) is 4.44. The Morgan fingerprint density at radius 2 is 1.86 bits per heavy atom. The first-order valence-corrected chi connectivity index (χ1v) is 10.2. The van der Waals surface area contributed by atoms with Crippen molar-refractivity contribution in [2.75, 3.05) is 13.2 Å². The van der Waals surface area contributed by atoms with Crippen LogP contribution in [0.3, 0.4) is 0 Å². The molecule has 146 valence electrons. The van der Waals surface area contributed by atoms with Gasteiger partial charge < -0.3 is 10.0 Å². The Morgan fingerprint density at radius 1 is 1.11 bits per heavy atom. The van der Waals surface area contributed by atoms with Crippen LogP contribution in [-0.2, 0) is 24.2 Å². The number of hydrogen-bond acceptors (Lipinski definition) is 3. The number of Topliss-reactive ketones (excluding diaryl/α,β-unsaturated/α-hetero) is 1. The minimum atomic E-state index is -0.505. The third-order valence-corrected chi connectivity index (χ3v) is 6.79. The molecule has 2 aromatic carbocycles. The van der Waals surface area contributed by atoms with Gasteiger partial charge in [0.05, 0.1) is 5.41 Å². The van der Waals surface area contributed by atoms with Gasteiger partial charge in [-0.3, -0.25) is 9.59 Å². The van der Waals surface area contributed by atoms with Crippen molar-refractivity contribution in [2.24, 2.45) is 5.41 Å². The van der Waals surface area contributed by atoms with Crippen LogP contribution in [0, 0.1) is 5.41 Å². The van der Waals surface area contributed by atoms with E-state index in [-0.39, 0.29) is 11.7 Å². The average molecular weight is 418 g/mol. The summed E-state index contributed by atoms with van der Waals surface area (Å²) >= 11 is 12.6. The summed E-state index contributed by atoms with van der Waals surface area (Å²) in [5.74, 6) is -0.164. The average Bonchev–Trinajstić information content (AvgIpc) is 2.99. The highest BCUT2D eigenvalue weighted by Gasteiger charge is 2.48. The van der Waals surface area contributed by atoms with Gasteiger partial charge in [0.1, 0.15) is 6.61 Å². The van der Waals surface area contributed by atoms with Crippen LogP contribution in [0.2, 0.25) is 10.0 Å². The van der Waals surface area contributed by atoms with Gasteiger partial charge in [-0.1, -0.05) is 41.4 Å². The Morgan fingerprint density at radius 3 is 2.57 bits per heavy atom. The number of likely N-dealkylation sites (tertiary alicyclic amines) is 1. The monoisotopic (exact) mass is 417 g/mol. The number of ketones is 1. The summed E-state index contributed by atoms with van der Waals surface area (Å²) in [5, 5.41) is 10.3. The number of benzene rings is 2. The molecule has 1 amide bonds. The van der Waals surface area contributed by atoms with E-state index in [1.54, 1.807) is 24.3 Å². The van der Waals surface area contributed by atoms with Crippen LogP contribution < -0.4 is 0 Å². The highest BCUT2D eigenvalue weighted by Crippen LogP contribution is 2.44. The van der Waals surface area contributed by atoms with Gasteiger partial charge in [0, 0.05) is 34.3 Å². The Kier molecular flexibility index (Phi) is 5.21. The van der Waals surface area contributed by atoms with Gasteiger partial charge in [-0.05, 0) is 55.0 Å². The molecule has 6 heteroatoms. The standard InChI is InChI=1S/C22H21Cl2NO3/c23-18-2-1-3-19(24)17(18)12-25-9-8-22(21(25)28)7-6-14-4-5-15(20(27)13-26)10-16(14)11-22/h1-5,10,26H,6-9,11-13H2/t22-/m1/s1. The molecule has 2 aliphatic rings. The normalized spacial score (nSPS) is 21.2. The van der Waals surface area contributed by atoms with Crippen molar-refractivity contribution >= 4 is 34.9 Å². The predicted octanol–water partition coefficient (Wildman–Crippen LogP) is 4.08. The van der Waals surface area contributed by atoms with E-state index in [1.807, 2.05) is 17.0 Å². The molecule has 1 aliphatic heterocycles. The van der Waals surface area contributed by atoms with Crippen LogP contribution in [0.1, 0.15) is 39.9 Å². The number of carbonyl (C=O) groups excluding carboxylic acids is 2. The number of amides is 1. The van der Waals surface area contributed by atoms with Crippen LogP contribution in [0.4, 0.5) is 0 Å². The van der Waals surface area contributed by atoms with E-state index in [0.29, 0.717) is 35.1 Å².